The van der Waals surface area contributed by atoms with E-state index in [9.17, 15) is 19.0 Å². The van der Waals surface area contributed by atoms with Crippen molar-refractivity contribution in [2.75, 3.05) is 11.9 Å². The molecular formula is C21H18ClF2N5O3. The van der Waals surface area contributed by atoms with Crippen molar-refractivity contribution >= 4 is 28.5 Å². The van der Waals surface area contributed by atoms with Gasteiger partial charge < -0.3 is 20.3 Å². The Hall–Kier alpha value is -3.34. The number of fused-ring (bicyclic) bond motifs is 1. The largest absolute Gasteiger partial charge is 0.421 e. The predicted octanol–water partition coefficient (Wildman–Crippen LogP) is 3.90. The van der Waals surface area contributed by atoms with Gasteiger partial charge in [-0.1, -0.05) is 29.8 Å². The Balaban J connectivity index is 1.79. The van der Waals surface area contributed by atoms with Crippen LogP contribution in [0.4, 0.5) is 14.6 Å². The molecule has 4 N–H and O–H groups in total. The second-order valence-corrected chi connectivity index (χ2v) is 7.40. The smallest absolute Gasteiger partial charge is 0.326 e. The zero-order valence-electron chi connectivity index (χ0n) is 16.7. The highest BCUT2D eigenvalue weighted by Crippen LogP contribution is 2.36. The molecule has 2 aromatic heterocycles. The van der Waals surface area contributed by atoms with Crippen molar-refractivity contribution in [3.63, 3.8) is 0 Å². The van der Waals surface area contributed by atoms with Crippen molar-refractivity contribution in [2.24, 2.45) is 0 Å². The number of nitrogens with zero attached hydrogens (tertiary/aromatic N) is 3. The van der Waals surface area contributed by atoms with E-state index < -0.39 is 23.8 Å². The molecule has 4 rings (SSSR count). The van der Waals surface area contributed by atoms with Crippen LogP contribution in [0.3, 0.4) is 0 Å². The second-order valence-electron chi connectivity index (χ2n) is 7.00. The molecule has 0 radical (unpaired) electrons. The molecule has 2 heterocycles. The third-order valence-corrected chi connectivity index (χ3v) is 4.99. The minimum Gasteiger partial charge on any atom is -0.421 e. The molecule has 0 aliphatic carbocycles. The number of nitrogens with one attached hydrogen (secondary N) is 2. The summed E-state index contributed by atoms with van der Waals surface area (Å²) >= 11 is 6.32. The molecule has 2 atom stereocenters. The highest BCUT2D eigenvalue weighted by atomic mass is 35.5. The van der Waals surface area contributed by atoms with Gasteiger partial charge in [0, 0.05) is 18.2 Å². The molecule has 0 saturated heterocycles. The standard InChI is InChI=1S/C21H18ClF2N5O3/c1-10(30)15(31)9-25-19-17-18(12-4-2-3-5-13(12)22)28-29-20(17)27-21(26-19)32-16-7-6-11(23)8-14(16)24/h2-8,10,15,30-31H,9H2,1H3,(H2,25,26,27,28,29). The van der Waals surface area contributed by atoms with E-state index in [0.29, 0.717) is 27.7 Å². The maximum Gasteiger partial charge on any atom is 0.326 e. The average Bonchev–Trinajstić information content (AvgIpc) is 3.18. The van der Waals surface area contributed by atoms with E-state index in [0.717, 1.165) is 12.1 Å². The maximum atomic E-state index is 14.0. The van der Waals surface area contributed by atoms with Gasteiger partial charge >= 0.3 is 6.01 Å². The number of halogens is 3. The lowest BCUT2D eigenvalue weighted by Gasteiger charge is -2.16. The van der Waals surface area contributed by atoms with Gasteiger partial charge in [0.25, 0.3) is 0 Å². The van der Waals surface area contributed by atoms with Crippen LogP contribution in [0.2, 0.25) is 5.02 Å². The Labute approximate surface area is 185 Å². The first kappa shape index (κ1) is 21.9. The van der Waals surface area contributed by atoms with E-state index in [2.05, 4.69) is 25.5 Å². The first-order chi connectivity index (χ1) is 15.3. The fourth-order valence-corrected chi connectivity index (χ4v) is 3.19. The van der Waals surface area contributed by atoms with Crippen molar-refractivity contribution < 1.29 is 23.7 Å². The number of anilines is 1. The fraction of sp³-hybridized carbons (Fsp3) is 0.190. The second kappa shape index (κ2) is 9.03. The van der Waals surface area contributed by atoms with Crippen molar-refractivity contribution in [1.82, 2.24) is 20.2 Å². The number of hydrogen-bond donors (Lipinski definition) is 4. The molecule has 0 amide bonds. The molecule has 11 heteroatoms. The van der Waals surface area contributed by atoms with Gasteiger partial charge in [0.15, 0.2) is 17.2 Å². The maximum absolute atomic E-state index is 14.0. The van der Waals surface area contributed by atoms with Crippen LogP contribution in [-0.4, -0.2) is 49.1 Å². The SMILES string of the molecule is CC(O)C(O)CNc1nc(Oc2ccc(F)cc2F)nc2[nH]nc(-c3ccccc3Cl)c12. The van der Waals surface area contributed by atoms with Gasteiger partial charge in [-0.25, -0.2) is 8.78 Å². The number of aliphatic hydroxyl groups is 2. The van der Waals surface area contributed by atoms with E-state index in [1.807, 2.05) is 0 Å². The fourth-order valence-electron chi connectivity index (χ4n) is 2.96. The lowest BCUT2D eigenvalue weighted by Crippen LogP contribution is -2.30. The van der Waals surface area contributed by atoms with Crippen LogP contribution < -0.4 is 10.1 Å². The third-order valence-electron chi connectivity index (χ3n) is 4.66. The predicted molar refractivity (Wildman–Crippen MR) is 115 cm³/mol. The molecule has 0 fully saturated rings. The van der Waals surface area contributed by atoms with Gasteiger partial charge in [0.05, 0.1) is 22.6 Å². The van der Waals surface area contributed by atoms with Crippen LogP contribution in [0.1, 0.15) is 6.92 Å². The molecular weight excluding hydrogens is 444 g/mol. The highest BCUT2D eigenvalue weighted by molar-refractivity contribution is 6.33. The van der Waals surface area contributed by atoms with Gasteiger partial charge in [-0.05, 0) is 25.1 Å². The van der Waals surface area contributed by atoms with E-state index in [1.54, 1.807) is 24.3 Å². The molecule has 32 heavy (non-hydrogen) atoms. The number of hydrogen-bond acceptors (Lipinski definition) is 7. The van der Waals surface area contributed by atoms with Gasteiger partial charge in [-0.15, -0.1) is 0 Å². The number of aliphatic hydroxyl groups excluding tert-OH is 2. The number of ether oxygens (including phenoxy) is 1. The van der Waals surface area contributed by atoms with E-state index in [-0.39, 0.29) is 29.8 Å². The van der Waals surface area contributed by atoms with Crippen LogP contribution in [0, 0.1) is 11.6 Å². The summed E-state index contributed by atoms with van der Waals surface area (Å²) in [5.41, 5.74) is 1.31. The molecule has 0 saturated carbocycles. The summed E-state index contributed by atoms with van der Waals surface area (Å²) in [5.74, 6) is -1.74. The molecule has 0 aliphatic rings. The molecule has 4 aromatic rings. The third kappa shape index (κ3) is 4.47. The normalized spacial score (nSPS) is 13.2. The van der Waals surface area contributed by atoms with Gasteiger partial charge in [0.2, 0.25) is 0 Å². The zero-order valence-corrected chi connectivity index (χ0v) is 17.4. The molecule has 166 valence electrons. The molecule has 8 nitrogen and oxygen atoms in total. The van der Waals surface area contributed by atoms with Gasteiger partial charge in [-0.3, -0.25) is 5.10 Å². The number of aromatic nitrogens is 4. The Bertz CT molecular complexity index is 1270. The molecule has 0 spiro atoms. The van der Waals surface area contributed by atoms with Crippen LogP contribution in [0.25, 0.3) is 22.3 Å². The molecule has 2 aromatic carbocycles. The van der Waals surface area contributed by atoms with E-state index in [1.165, 1.54) is 6.92 Å². The first-order valence-electron chi connectivity index (χ1n) is 9.57. The number of H-pyrrole nitrogens is 1. The first-order valence-corrected chi connectivity index (χ1v) is 9.95. The highest BCUT2D eigenvalue weighted by Gasteiger charge is 2.21. The van der Waals surface area contributed by atoms with E-state index >= 15 is 0 Å². The zero-order chi connectivity index (χ0) is 22.8. The quantitative estimate of drug-likeness (QED) is 0.330. The Morgan fingerprint density at radius 2 is 1.94 bits per heavy atom. The molecule has 0 aliphatic heterocycles. The average molecular weight is 462 g/mol. The van der Waals surface area contributed by atoms with Gasteiger partial charge in [-0.2, -0.15) is 15.1 Å². The number of rotatable bonds is 7. The van der Waals surface area contributed by atoms with Crippen LogP contribution >= 0.6 is 11.6 Å². The topological polar surface area (TPSA) is 116 Å². The Morgan fingerprint density at radius 1 is 1.16 bits per heavy atom. The lowest BCUT2D eigenvalue weighted by molar-refractivity contribution is 0.0400. The minimum atomic E-state index is -1.09. The summed E-state index contributed by atoms with van der Waals surface area (Å²) in [4.78, 5) is 8.50. The summed E-state index contributed by atoms with van der Waals surface area (Å²) in [6, 6.07) is 9.64. The summed E-state index contributed by atoms with van der Waals surface area (Å²) in [7, 11) is 0. The lowest BCUT2D eigenvalue weighted by atomic mass is 10.1. The monoisotopic (exact) mass is 461 g/mol. The van der Waals surface area contributed by atoms with Crippen LogP contribution in [-0.2, 0) is 0 Å². The summed E-state index contributed by atoms with van der Waals surface area (Å²) in [6.45, 7) is 1.39. The Kier molecular flexibility index (Phi) is 6.17. The van der Waals surface area contributed by atoms with E-state index in [4.69, 9.17) is 16.3 Å². The van der Waals surface area contributed by atoms with Crippen LogP contribution in [0.15, 0.2) is 42.5 Å². The minimum absolute atomic E-state index is 0.0543. The summed E-state index contributed by atoms with van der Waals surface area (Å²) < 4.78 is 32.6. The summed E-state index contributed by atoms with van der Waals surface area (Å²) in [6.07, 6.45) is -2.08. The van der Waals surface area contributed by atoms with Crippen molar-refractivity contribution in [1.29, 1.82) is 0 Å². The van der Waals surface area contributed by atoms with Gasteiger partial charge in [0.1, 0.15) is 17.3 Å². The van der Waals surface area contributed by atoms with Crippen LogP contribution in [0.5, 0.6) is 11.8 Å². The molecule has 2 unspecified atom stereocenters. The van der Waals surface area contributed by atoms with Crippen molar-refractivity contribution in [2.45, 2.75) is 19.1 Å². The number of aromatic amines is 1. The molecule has 0 bridgehead atoms. The van der Waals surface area contributed by atoms with Crippen molar-refractivity contribution in [3.8, 4) is 23.0 Å². The Morgan fingerprint density at radius 3 is 2.66 bits per heavy atom. The summed E-state index contributed by atoms with van der Waals surface area (Å²) in [5, 5.41) is 30.5. The number of benzene rings is 2. The van der Waals surface area contributed by atoms with Crippen molar-refractivity contribution in [3.05, 3.63) is 59.1 Å².